The summed E-state index contributed by atoms with van der Waals surface area (Å²) in [6.07, 6.45) is 0. The molecule has 6 nitrogen and oxygen atoms in total. The van der Waals surface area contributed by atoms with Crippen molar-refractivity contribution in [3.8, 4) is 5.75 Å². The van der Waals surface area contributed by atoms with Crippen LogP contribution in [0.2, 0.25) is 0 Å². The predicted molar refractivity (Wildman–Crippen MR) is 107 cm³/mol. The quantitative estimate of drug-likeness (QED) is 0.757. The van der Waals surface area contributed by atoms with Crippen LogP contribution in [0.3, 0.4) is 0 Å². The fourth-order valence-electron chi connectivity index (χ4n) is 3.27. The normalized spacial score (nSPS) is 24.3. The highest BCUT2D eigenvalue weighted by molar-refractivity contribution is 8.16. The van der Waals surface area contributed by atoms with Gasteiger partial charge in [0.05, 0.1) is 17.5 Å². The van der Waals surface area contributed by atoms with Crippen LogP contribution in [0.25, 0.3) is 0 Å². The number of para-hydroxylation sites is 1. The van der Waals surface area contributed by atoms with Crippen LogP contribution in [0.4, 0.5) is 10.1 Å². The molecule has 4 rings (SSSR count). The van der Waals surface area contributed by atoms with Gasteiger partial charge >= 0.3 is 0 Å². The van der Waals surface area contributed by atoms with Crippen LogP contribution in [-0.2, 0) is 14.6 Å². The van der Waals surface area contributed by atoms with Crippen molar-refractivity contribution >= 4 is 38.4 Å². The van der Waals surface area contributed by atoms with Crippen molar-refractivity contribution in [3.63, 3.8) is 0 Å². The van der Waals surface area contributed by atoms with E-state index in [9.17, 15) is 17.6 Å². The number of carbonyl (C=O) groups is 1. The number of carbonyl (C=O) groups excluding carboxylic acids is 1. The summed E-state index contributed by atoms with van der Waals surface area (Å²) in [5.41, 5.74) is 0.606. The zero-order valence-electron chi connectivity index (χ0n) is 14.7. The minimum absolute atomic E-state index is 0.0181. The van der Waals surface area contributed by atoms with Crippen molar-refractivity contribution < 1.29 is 22.3 Å². The van der Waals surface area contributed by atoms with Crippen LogP contribution >= 0.6 is 11.8 Å². The number of fused-ring (bicyclic) bond motifs is 1. The fraction of sp³-hybridized carbons (Fsp3) is 0.263. The van der Waals surface area contributed by atoms with Gasteiger partial charge in [0.1, 0.15) is 11.6 Å². The number of amides is 1. The van der Waals surface area contributed by atoms with E-state index in [2.05, 4.69) is 4.99 Å². The molecule has 0 aliphatic carbocycles. The monoisotopic (exact) mass is 420 g/mol. The second-order valence-corrected chi connectivity index (χ2v) is 9.90. The summed E-state index contributed by atoms with van der Waals surface area (Å²) < 4.78 is 42.8. The lowest BCUT2D eigenvalue weighted by Crippen LogP contribution is -2.37. The molecule has 9 heteroatoms. The Hall–Kier alpha value is -2.39. The summed E-state index contributed by atoms with van der Waals surface area (Å²) in [6, 6.07) is 14.3. The molecule has 0 bridgehead atoms. The van der Waals surface area contributed by atoms with Gasteiger partial charge in [-0.3, -0.25) is 4.79 Å². The van der Waals surface area contributed by atoms with Crippen molar-refractivity contribution in [2.45, 2.75) is 11.3 Å². The Morgan fingerprint density at radius 1 is 1.14 bits per heavy atom. The zero-order chi connectivity index (χ0) is 19.7. The maximum atomic E-state index is 13.3. The fourth-order valence-corrected chi connectivity index (χ4v) is 7.20. The molecular formula is C19H17FN2O4S2. The maximum absolute atomic E-state index is 13.3. The van der Waals surface area contributed by atoms with E-state index in [1.165, 1.54) is 23.9 Å². The van der Waals surface area contributed by atoms with Gasteiger partial charge in [-0.2, -0.15) is 4.99 Å². The lowest BCUT2D eigenvalue weighted by Gasteiger charge is -2.24. The van der Waals surface area contributed by atoms with Crippen LogP contribution in [0, 0.1) is 5.82 Å². The highest BCUT2D eigenvalue weighted by Crippen LogP contribution is 2.40. The average molecular weight is 420 g/mol. The molecule has 28 heavy (non-hydrogen) atoms. The van der Waals surface area contributed by atoms with Gasteiger partial charge in [-0.25, -0.2) is 12.8 Å². The number of hydrogen-bond acceptors (Lipinski definition) is 5. The van der Waals surface area contributed by atoms with E-state index in [0.717, 1.165) is 0 Å². The smallest absolute Gasteiger partial charge is 0.285 e. The first kappa shape index (κ1) is 18.9. The number of amidine groups is 1. The third kappa shape index (κ3) is 4.05. The molecule has 2 fully saturated rings. The summed E-state index contributed by atoms with van der Waals surface area (Å²) >= 11 is 1.27. The SMILES string of the molecule is O=C(COc1ccccc1)N=C1S[C@H]2CS(=O)(=O)C[C@@H]2N1c1ccc(F)cc1. The number of thioether (sulfide) groups is 1. The second kappa shape index (κ2) is 7.56. The third-order valence-corrected chi connectivity index (χ3v) is 7.71. The summed E-state index contributed by atoms with van der Waals surface area (Å²) in [4.78, 5) is 18.2. The van der Waals surface area contributed by atoms with Crippen molar-refractivity contribution in [2.24, 2.45) is 4.99 Å². The van der Waals surface area contributed by atoms with Gasteiger partial charge in [0, 0.05) is 10.9 Å². The van der Waals surface area contributed by atoms with Crippen LogP contribution in [-0.4, -0.2) is 48.9 Å². The number of benzene rings is 2. The molecule has 2 heterocycles. The topological polar surface area (TPSA) is 76.0 Å². The first-order valence-corrected chi connectivity index (χ1v) is 11.3. The van der Waals surface area contributed by atoms with Gasteiger partial charge in [0.25, 0.3) is 5.91 Å². The number of anilines is 1. The predicted octanol–water partition coefficient (Wildman–Crippen LogP) is 2.51. The molecule has 2 aromatic rings. The lowest BCUT2D eigenvalue weighted by atomic mass is 10.2. The molecule has 146 valence electrons. The molecule has 2 aliphatic heterocycles. The highest BCUT2D eigenvalue weighted by Gasteiger charge is 2.49. The number of halogens is 1. The van der Waals surface area contributed by atoms with E-state index >= 15 is 0 Å². The largest absolute Gasteiger partial charge is 0.484 e. The molecule has 0 radical (unpaired) electrons. The molecule has 0 aromatic heterocycles. The van der Waals surface area contributed by atoms with Crippen molar-refractivity contribution in [2.75, 3.05) is 23.0 Å². The van der Waals surface area contributed by atoms with E-state index in [0.29, 0.717) is 16.6 Å². The van der Waals surface area contributed by atoms with Crippen LogP contribution in [0.1, 0.15) is 0 Å². The van der Waals surface area contributed by atoms with Crippen molar-refractivity contribution in [1.29, 1.82) is 0 Å². The number of hydrogen-bond donors (Lipinski definition) is 0. The lowest BCUT2D eigenvalue weighted by molar-refractivity contribution is -0.119. The first-order valence-electron chi connectivity index (χ1n) is 8.62. The number of sulfone groups is 1. The van der Waals surface area contributed by atoms with Crippen LogP contribution in [0.5, 0.6) is 5.75 Å². The maximum Gasteiger partial charge on any atom is 0.285 e. The van der Waals surface area contributed by atoms with Gasteiger partial charge in [0.2, 0.25) is 0 Å². The minimum Gasteiger partial charge on any atom is -0.484 e. The second-order valence-electron chi connectivity index (χ2n) is 6.54. The van der Waals surface area contributed by atoms with Gasteiger partial charge in [-0.05, 0) is 36.4 Å². The van der Waals surface area contributed by atoms with Crippen molar-refractivity contribution in [1.82, 2.24) is 0 Å². The van der Waals surface area contributed by atoms with Gasteiger partial charge < -0.3 is 9.64 Å². The molecule has 0 saturated carbocycles. The van der Waals surface area contributed by atoms with E-state index < -0.39 is 21.6 Å². The number of aliphatic imine (C=N–C) groups is 1. The minimum atomic E-state index is -3.15. The molecule has 2 aliphatic rings. The van der Waals surface area contributed by atoms with Crippen LogP contribution < -0.4 is 9.64 Å². The molecule has 2 aromatic carbocycles. The molecular weight excluding hydrogens is 403 g/mol. The van der Waals surface area contributed by atoms with Gasteiger partial charge in [-0.1, -0.05) is 30.0 Å². The third-order valence-electron chi connectivity index (χ3n) is 4.50. The zero-order valence-corrected chi connectivity index (χ0v) is 16.3. The van der Waals surface area contributed by atoms with E-state index in [-0.39, 0.29) is 29.4 Å². The molecule has 0 spiro atoms. The Morgan fingerprint density at radius 3 is 2.57 bits per heavy atom. The summed E-state index contributed by atoms with van der Waals surface area (Å²) in [5, 5.41) is 0.204. The Bertz CT molecular complexity index is 1010. The van der Waals surface area contributed by atoms with E-state index in [4.69, 9.17) is 4.74 Å². The van der Waals surface area contributed by atoms with Crippen molar-refractivity contribution in [3.05, 3.63) is 60.4 Å². The Labute approximate surface area is 166 Å². The number of rotatable bonds is 4. The first-order chi connectivity index (χ1) is 13.4. The van der Waals surface area contributed by atoms with Gasteiger partial charge in [0.15, 0.2) is 21.6 Å². The highest BCUT2D eigenvalue weighted by atomic mass is 32.2. The molecule has 0 unspecified atom stereocenters. The Kier molecular flexibility index (Phi) is 5.11. The Balaban J connectivity index is 1.56. The standard InChI is InChI=1S/C19H17FN2O4S2/c20-13-6-8-14(9-7-13)22-16-11-28(24,25)12-17(16)27-19(22)21-18(23)10-26-15-4-2-1-3-5-15/h1-9,16-17H,10-12H2/t16-,17-/m0/s1. The van der Waals surface area contributed by atoms with E-state index in [1.54, 1.807) is 41.3 Å². The van der Waals surface area contributed by atoms with Gasteiger partial charge in [-0.15, -0.1) is 0 Å². The number of nitrogens with zero attached hydrogens (tertiary/aromatic N) is 2. The molecule has 2 saturated heterocycles. The summed E-state index contributed by atoms with van der Waals surface area (Å²) in [7, 11) is -3.15. The Morgan fingerprint density at radius 2 is 1.86 bits per heavy atom. The molecule has 2 atom stereocenters. The summed E-state index contributed by atoms with van der Waals surface area (Å²) in [5.74, 6) is -0.282. The number of ether oxygens (including phenoxy) is 1. The average Bonchev–Trinajstić information content (AvgIpc) is 3.12. The molecule has 1 amide bonds. The molecule has 0 N–H and O–H groups in total. The van der Waals surface area contributed by atoms with E-state index in [1.807, 2.05) is 6.07 Å². The summed E-state index contributed by atoms with van der Waals surface area (Å²) in [6.45, 7) is -0.223. The van der Waals surface area contributed by atoms with Crippen LogP contribution in [0.15, 0.2) is 59.6 Å².